The molecule has 0 rings (SSSR count). The van der Waals surface area contributed by atoms with Crippen LogP contribution in [-0.2, 0) is 9.53 Å². The van der Waals surface area contributed by atoms with Crippen molar-refractivity contribution in [2.45, 2.75) is 52.2 Å². The number of imide groups is 1. The van der Waals surface area contributed by atoms with Gasteiger partial charge in [0.05, 0.1) is 6.04 Å². The van der Waals surface area contributed by atoms with Gasteiger partial charge in [-0.25, -0.2) is 9.69 Å². The van der Waals surface area contributed by atoms with Gasteiger partial charge in [-0.1, -0.05) is 19.4 Å². The number of rotatable bonds is 5. The smallest absolute Gasteiger partial charge is 0.417 e. The topological polar surface area (TPSA) is 46.6 Å². The van der Waals surface area contributed by atoms with E-state index >= 15 is 0 Å². The Bertz CT molecular complexity index is 255. The monoisotopic (exact) mass is 227 g/mol. The molecule has 4 heteroatoms. The molecular weight excluding hydrogens is 206 g/mol. The first-order valence-electron chi connectivity index (χ1n) is 5.45. The van der Waals surface area contributed by atoms with E-state index in [0.29, 0.717) is 12.8 Å². The molecule has 0 spiro atoms. The van der Waals surface area contributed by atoms with Gasteiger partial charge in [-0.05, 0) is 27.2 Å². The zero-order valence-electron chi connectivity index (χ0n) is 10.5. The van der Waals surface area contributed by atoms with Crippen LogP contribution in [-0.4, -0.2) is 29.0 Å². The number of amides is 2. The Balaban J connectivity index is 4.64. The number of hydrogen-bond donors (Lipinski definition) is 0. The lowest BCUT2D eigenvalue weighted by Crippen LogP contribution is -2.41. The van der Waals surface area contributed by atoms with Crippen molar-refractivity contribution < 1.29 is 14.3 Å². The molecule has 0 aromatic heterocycles. The quantitative estimate of drug-likeness (QED) is 0.536. The van der Waals surface area contributed by atoms with Crippen LogP contribution in [0.3, 0.4) is 0 Å². The largest absolute Gasteiger partial charge is 0.443 e. The SMILES string of the molecule is C=CC(CCC)N(C=O)C(=O)OC(C)(C)C. The predicted molar refractivity (Wildman–Crippen MR) is 63.0 cm³/mol. The van der Waals surface area contributed by atoms with Crippen molar-refractivity contribution in [2.24, 2.45) is 0 Å². The number of ether oxygens (including phenoxy) is 1. The van der Waals surface area contributed by atoms with Crippen LogP contribution in [0, 0.1) is 0 Å². The van der Waals surface area contributed by atoms with Crippen molar-refractivity contribution in [3.8, 4) is 0 Å². The Kier molecular flexibility index (Phi) is 5.78. The summed E-state index contributed by atoms with van der Waals surface area (Å²) < 4.78 is 5.13. The summed E-state index contributed by atoms with van der Waals surface area (Å²) in [6.07, 6.45) is 3.02. The summed E-state index contributed by atoms with van der Waals surface area (Å²) in [5.41, 5.74) is -0.601. The molecule has 0 saturated carbocycles. The standard InChI is InChI=1S/C12H21NO3/c1-6-8-10(7-2)13(9-14)11(15)16-12(3,4)5/h7,9-10H,2,6,8H2,1,3-5H3. The maximum absolute atomic E-state index is 11.7. The first-order chi connectivity index (χ1) is 7.35. The number of carbonyl (C=O) groups excluding carboxylic acids is 2. The molecule has 0 aromatic rings. The van der Waals surface area contributed by atoms with Crippen LogP contribution >= 0.6 is 0 Å². The van der Waals surface area contributed by atoms with Gasteiger partial charge in [0.2, 0.25) is 6.41 Å². The van der Waals surface area contributed by atoms with Crippen LogP contribution in [0.1, 0.15) is 40.5 Å². The van der Waals surface area contributed by atoms with E-state index in [0.717, 1.165) is 11.3 Å². The molecule has 0 fully saturated rings. The third-order valence-electron chi connectivity index (χ3n) is 1.93. The van der Waals surface area contributed by atoms with Gasteiger partial charge in [0, 0.05) is 0 Å². The lowest BCUT2D eigenvalue weighted by molar-refractivity contribution is -0.118. The minimum atomic E-state index is -0.624. The summed E-state index contributed by atoms with van der Waals surface area (Å²) in [7, 11) is 0. The minimum Gasteiger partial charge on any atom is -0.443 e. The molecule has 1 unspecified atom stereocenters. The van der Waals surface area contributed by atoms with Crippen LogP contribution in [0.5, 0.6) is 0 Å². The fourth-order valence-electron chi connectivity index (χ4n) is 1.24. The van der Waals surface area contributed by atoms with Gasteiger partial charge >= 0.3 is 6.09 Å². The van der Waals surface area contributed by atoms with Crippen molar-refractivity contribution in [1.82, 2.24) is 4.90 Å². The van der Waals surface area contributed by atoms with E-state index in [1.807, 2.05) is 6.92 Å². The fraction of sp³-hybridized carbons (Fsp3) is 0.667. The molecule has 0 aromatic carbocycles. The van der Waals surface area contributed by atoms with Crippen molar-refractivity contribution >= 4 is 12.5 Å². The van der Waals surface area contributed by atoms with Crippen LogP contribution in [0.4, 0.5) is 4.79 Å². The number of carbonyl (C=O) groups is 2. The molecule has 1 atom stereocenters. The van der Waals surface area contributed by atoms with E-state index < -0.39 is 11.7 Å². The summed E-state index contributed by atoms with van der Waals surface area (Å²) in [6.45, 7) is 10.9. The van der Waals surface area contributed by atoms with Crippen molar-refractivity contribution in [3.63, 3.8) is 0 Å². The van der Waals surface area contributed by atoms with Gasteiger partial charge in [-0.15, -0.1) is 6.58 Å². The highest BCUT2D eigenvalue weighted by Crippen LogP contribution is 2.13. The van der Waals surface area contributed by atoms with Crippen LogP contribution in [0.15, 0.2) is 12.7 Å². The molecule has 92 valence electrons. The van der Waals surface area contributed by atoms with Crippen LogP contribution in [0.2, 0.25) is 0 Å². The highest BCUT2D eigenvalue weighted by Gasteiger charge is 2.25. The normalized spacial score (nSPS) is 12.8. The summed E-state index contributed by atoms with van der Waals surface area (Å²) in [6, 6.07) is -0.294. The van der Waals surface area contributed by atoms with Gasteiger partial charge in [0.15, 0.2) is 0 Å². The van der Waals surface area contributed by atoms with E-state index in [4.69, 9.17) is 4.74 Å². The summed E-state index contributed by atoms with van der Waals surface area (Å²) in [4.78, 5) is 23.6. The Morgan fingerprint density at radius 3 is 2.38 bits per heavy atom. The lowest BCUT2D eigenvalue weighted by Gasteiger charge is -2.27. The number of nitrogens with zero attached hydrogens (tertiary/aromatic N) is 1. The Morgan fingerprint density at radius 2 is 2.06 bits per heavy atom. The maximum atomic E-state index is 11.7. The van der Waals surface area contributed by atoms with Crippen LogP contribution < -0.4 is 0 Å². The van der Waals surface area contributed by atoms with Crippen LogP contribution in [0.25, 0.3) is 0 Å². The van der Waals surface area contributed by atoms with E-state index in [1.165, 1.54) is 0 Å². The number of hydrogen-bond acceptors (Lipinski definition) is 3. The Morgan fingerprint density at radius 1 is 1.50 bits per heavy atom. The minimum absolute atomic E-state index is 0.294. The van der Waals surface area contributed by atoms with Gasteiger partial charge < -0.3 is 4.74 Å². The van der Waals surface area contributed by atoms with Gasteiger partial charge in [-0.2, -0.15) is 0 Å². The molecular formula is C12H21NO3. The third-order valence-corrected chi connectivity index (χ3v) is 1.93. The average Bonchev–Trinajstić information content (AvgIpc) is 2.14. The molecule has 0 radical (unpaired) electrons. The zero-order chi connectivity index (χ0) is 12.8. The highest BCUT2D eigenvalue weighted by molar-refractivity contribution is 5.81. The summed E-state index contributed by atoms with van der Waals surface area (Å²) in [5.74, 6) is 0. The second-order valence-corrected chi connectivity index (χ2v) is 4.58. The summed E-state index contributed by atoms with van der Waals surface area (Å²) >= 11 is 0. The Labute approximate surface area is 97.3 Å². The molecule has 0 N–H and O–H groups in total. The maximum Gasteiger partial charge on any atom is 0.417 e. The lowest BCUT2D eigenvalue weighted by atomic mass is 10.1. The zero-order valence-corrected chi connectivity index (χ0v) is 10.5. The molecule has 0 aliphatic carbocycles. The second kappa shape index (κ2) is 6.30. The Hall–Kier alpha value is -1.32. The summed E-state index contributed by atoms with van der Waals surface area (Å²) in [5, 5.41) is 0. The van der Waals surface area contributed by atoms with E-state index in [1.54, 1.807) is 26.8 Å². The van der Waals surface area contributed by atoms with E-state index in [9.17, 15) is 9.59 Å². The molecule has 16 heavy (non-hydrogen) atoms. The molecule has 0 bridgehead atoms. The van der Waals surface area contributed by atoms with Gasteiger partial charge in [0.1, 0.15) is 5.60 Å². The third kappa shape index (κ3) is 4.96. The molecule has 0 saturated heterocycles. The van der Waals surface area contributed by atoms with E-state index in [2.05, 4.69) is 6.58 Å². The first-order valence-corrected chi connectivity index (χ1v) is 5.45. The highest BCUT2D eigenvalue weighted by atomic mass is 16.6. The fourth-order valence-corrected chi connectivity index (χ4v) is 1.24. The predicted octanol–water partition coefficient (Wildman–Crippen LogP) is 2.73. The van der Waals surface area contributed by atoms with Crippen molar-refractivity contribution in [1.29, 1.82) is 0 Å². The molecule has 2 amide bonds. The average molecular weight is 227 g/mol. The van der Waals surface area contributed by atoms with E-state index in [-0.39, 0.29) is 6.04 Å². The molecule has 4 nitrogen and oxygen atoms in total. The molecule has 0 aliphatic heterocycles. The van der Waals surface area contributed by atoms with Gasteiger partial charge in [-0.3, -0.25) is 4.79 Å². The van der Waals surface area contributed by atoms with Crippen molar-refractivity contribution in [2.75, 3.05) is 0 Å². The molecule has 0 heterocycles. The molecule has 0 aliphatic rings. The van der Waals surface area contributed by atoms with Crippen molar-refractivity contribution in [3.05, 3.63) is 12.7 Å². The van der Waals surface area contributed by atoms with Gasteiger partial charge in [0.25, 0.3) is 0 Å². The first kappa shape index (κ1) is 14.7. The second-order valence-electron chi connectivity index (χ2n) is 4.58.